The molecule has 0 aliphatic carbocycles. The Labute approximate surface area is 235 Å². The molecule has 2 aromatic heterocycles. The zero-order chi connectivity index (χ0) is 28.8. The van der Waals surface area contributed by atoms with E-state index in [0.717, 1.165) is 28.2 Å². The molecule has 3 heterocycles. The summed E-state index contributed by atoms with van der Waals surface area (Å²) in [5, 5.41) is 0.217. The van der Waals surface area contributed by atoms with Crippen molar-refractivity contribution in [2.24, 2.45) is 0 Å². The van der Waals surface area contributed by atoms with E-state index in [1.807, 2.05) is 35.2 Å². The Kier molecular flexibility index (Phi) is 8.19. The summed E-state index contributed by atoms with van der Waals surface area (Å²) in [7, 11) is -2.33. The second-order valence-corrected chi connectivity index (χ2v) is 23.2. The van der Waals surface area contributed by atoms with E-state index in [9.17, 15) is 0 Å². The van der Waals surface area contributed by atoms with E-state index in [-0.39, 0.29) is 28.5 Å². The highest BCUT2D eigenvalue weighted by atomic mass is 28.4. The van der Waals surface area contributed by atoms with Gasteiger partial charge in [0.15, 0.2) is 22.3 Å². The maximum atomic E-state index is 6.95. The lowest BCUT2D eigenvalue weighted by atomic mass is 10.1. The molecule has 1 aliphatic heterocycles. The third-order valence-electron chi connectivity index (χ3n) is 8.88. The molecule has 0 unspecified atom stereocenters. The van der Waals surface area contributed by atoms with Gasteiger partial charge >= 0.3 is 0 Å². The van der Waals surface area contributed by atoms with E-state index in [0.29, 0.717) is 13.0 Å². The lowest BCUT2D eigenvalue weighted by molar-refractivity contribution is -0.0383. The number of nitrogens with zero attached hydrogens (tertiary/aromatic N) is 4. The second-order valence-electron chi connectivity index (χ2n) is 13.6. The molecule has 1 aliphatic rings. The number of aromatic nitrogens is 4. The molecule has 0 spiro atoms. The smallest absolute Gasteiger partial charge is 0.192 e. The van der Waals surface area contributed by atoms with Crippen molar-refractivity contribution in [2.75, 3.05) is 13.7 Å². The molecule has 10 heteroatoms. The number of benzene rings is 1. The van der Waals surface area contributed by atoms with E-state index < -0.39 is 16.6 Å². The molecular formula is C29H46N4O4Si2. The van der Waals surface area contributed by atoms with Crippen LogP contribution in [0.5, 0.6) is 5.75 Å². The lowest BCUT2D eigenvalue weighted by Crippen LogP contribution is -2.48. The van der Waals surface area contributed by atoms with Gasteiger partial charge in [0, 0.05) is 12.0 Å². The number of methoxy groups -OCH3 is 1. The number of hydrogen-bond donors (Lipinski definition) is 0. The minimum Gasteiger partial charge on any atom is -0.497 e. The van der Waals surface area contributed by atoms with Crippen LogP contribution in [0.25, 0.3) is 22.4 Å². The summed E-state index contributed by atoms with van der Waals surface area (Å²) in [5.74, 6) is 0.799. The van der Waals surface area contributed by atoms with Gasteiger partial charge in [-0.15, -0.1) is 0 Å². The molecule has 0 bridgehead atoms. The molecule has 8 nitrogen and oxygen atoms in total. The van der Waals surface area contributed by atoms with Gasteiger partial charge in [-0.2, -0.15) is 0 Å². The molecular weight excluding hydrogens is 525 g/mol. The Balaban J connectivity index is 1.64. The molecule has 39 heavy (non-hydrogen) atoms. The Morgan fingerprint density at radius 1 is 0.923 bits per heavy atom. The topological polar surface area (TPSA) is 80.5 Å². The molecule has 0 saturated carbocycles. The second kappa shape index (κ2) is 10.7. The summed E-state index contributed by atoms with van der Waals surface area (Å²) in [6.45, 7) is 23.3. The van der Waals surface area contributed by atoms with Gasteiger partial charge in [0.2, 0.25) is 0 Å². The molecule has 3 aromatic rings. The standard InChI is InChI=1S/C29H46N4O4Si2/c1-28(2,3)38(8,9)35-17-23-22(37-39(10,11)29(4,5)6)16-24(36-23)33-19-32-26-25(30-18-31-27(26)33)20-12-14-21(34-7)15-13-20/h12-15,18-19,22-24H,16-17H2,1-11H3/t22-,23+,24+/m0/s1. The maximum absolute atomic E-state index is 6.95. The predicted octanol–water partition coefficient (Wildman–Crippen LogP) is 7.20. The fraction of sp³-hybridized carbons (Fsp3) is 0.621. The van der Waals surface area contributed by atoms with Crippen LogP contribution < -0.4 is 4.74 Å². The minimum absolute atomic E-state index is 0.0685. The van der Waals surface area contributed by atoms with Gasteiger partial charge in [-0.1, -0.05) is 41.5 Å². The number of hydrogen-bond acceptors (Lipinski definition) is 7. The summed E-state index contributed by atoms with van der Waals surface area (Å²) < 4.78 is 27.6. The van der Waals surface area contributed by atoms with Gasteiger partial charge < -0.3 is 18.3 Å². The molecule has 0 N–H and O–H groups in total. The van der Waals surface area contributed by atoms with Crippen LogP contribution in [0.1, 0.15) is 54.2 Å². The summed E-state index contributed by atoms with van der Waals surface area (Å²) in [6.07, 6.45) is 3.63. The highest BCUT2D eigenvalue weighted by molar-refractivity contribution is 6.74. The first-order chi connectivity index (χ1) is 18.0. The molecule has 0 radical (unpaired) electrons. The fourth-order valence-corrected chi connectivity index (χ4v) is 6.60. The van der Waals surface area contributed by atoms with Crippen molar-refractivity contribution in [1.29, 1.82) is 0 Å². The van der Waals surface area contributed by atoms with Gasteiger partial charge in [0.1, 0.15) is 35.6 Å². The van der Waals surface area contributed by atoms with Crippen LogP contribution in [0.4, 0.5) is 0 Å². The lowest BCUT2D eigenvalue weighted by Gasteiger charge is -2.40. The van der Waals surface area contributed by atoms with Crippen molar-refractivity contribution in [3.05, 3.63) is 36.9 Å². The van der Waals surface area contributed by atoms with Crippen LogP contribution in [0.3, 0.4) is 0 Å². The molecule has 0 amide bonds. The predicted molar refractivity (Wildman–Crippen MR) is 161 cm³/mol. The van der Waals surface area contributed by atoms with E-state index in [1.165, 1.54) is 0 Å². The zero-order valence-electron chi connectivity index (χ0n) is 25.5. The quantitative estimate of drug-likeness (QED) is 0.265. The number of ether oxygens (including phenoxy) is 2. The van der Waals surface area contributed by atoms with E-state index in [2.05, 4.69) is 77.7 Å². The van der Waals surface area contributed by atoms with Gasteiger partial charge in [0.05, 0.1) is 26.1 Å². The first-order valence-electron chi connectivity index (χ1n) is 13.8. The zero-order valence-corrected chi connectivity index (χ0v) is 27.5. The highest BCUT2D eigenvalue weighted by Gasteiger charge is 2.46. The van der Waals surface area contributed by atoms with Gasteiger partial charge in [0.25, 0.3) is 0 Å². The van der Waals surface area contributed by atoms with E-state index in [4.69, 9.17) is 23.3 Å². The summed E-state index contributed by atoms with van der Waals surface area (Å²) >= 11 is 0. The van der Waals surface area contributed by atoms with Crippen LogP contribution in [-0.4, -0.2) is 62.1 Å². The van der Waals surface area contributed by atoms with Crippen LogP contribution in [0, 0.1) is 0 Å². The van der Waals surface area contributed by atoms with Crippen molar-refractivity contribution < 1.29 is 18.3 Å². The Morgan fingerprint density at radius 2 is 1.56 bits per heavy atom. The van der Waals surface area contributed by atoms with Crippen molar-refractivity contribution in [2.45, 2.75) is 103 Å². The van der Waals surface area contributed by atoms with Gasteiger partial charge in [-0.3, -0.25) is 4.57 Å². The van der Waals surface area contributed by atoms with Crippen molar-refractivity contribution in [1.82, 2.24) is 19.5 Å². The van der Waals surface area contributed by atoms with Crippen LogP contribution >= 0.6 is 0 Å². The maximum Gasteiger partial charge on any atom is 0.192 e. The van der Waals surface area contributed by atoms with Crippen molar-refractivity contribution in [3.63, 3.8) is 0 Å². The molecule has 1 fully saturated rings. The fourth-order valence-electron chi connectivity index (χ4n) is 4.23. The normalized spacial score (nSPS) is 21.1. The van der Waals surface area contributed by atoms with Crippen LogP contribution in [0.2, 0.25) is 36.3 Å². The van der Waals surface area contributed by atoms with Gasteiger partial charge in [-0.05, 0) is 60.5 Å². The molecule has 214 valence electrons. The van der Waals surface area contributed by atoms with E-state index >= 15 is 0 Å². The van der Waals surface area contributed by atoms with Gasteiger partial charge in [-0.25, -0.2) is 15.0 Å². The summed E-state index contributed by atoms with van der Waals surface area (Å²) in [6, 6.07) is 7.83. The average molecular weight is 571 g/mol. The monoisotopic (exact) mass is 570 g/mol. The third-order valence-corrected chi connectivity index (χ3v) is 17.9. The third kappa shape index (κ3) is 6.14. The highest BCUT2D eigenvalue weighted by Crippen LogP contribution is 2.43. The minimum atomic E-state index is -2.04. The van der Waals surface area contributed by atoms with Crippen molar-refractivity contribution in [3.8, 4) is 17.0 Å². The Bertz CT molecular complexity index is 1280. The number of fused-ring (bicyclic) bond motifs is 1. The summed E-state index contributed by atoms with van der Waals surface area (Å²) in [5.41, 5.74) is 3.24. The molecule has 1 saturated heterocycles. The number of imidazole rings is 1. The first-order valence-corrected chi connectivity index (χ1v) is 19.6. The number of rotatable bonds is 8. The largest absolute Gasteiger partial charge is 0.497 e. The molecule has 3 atom stereocenters. The molecule has 1 aromatic carbocycles. The van der Waals surface area contributed by atoms with Crippen LogP contribution in [0.15, 0.2) is 36.9 Å². The van der Waals surface area contributed by atoms with Crippen molar-refractivity contribution >= 4 is 27.8 Å². The first kappa shape index (κ1) is 29.9. The van der Waals surface area contributed by atoms with Crippen LogP contribution in [-0.2, 0) is 13.6 Å². The Morgan fingerprint density at radius 3 is 2.15 bits per heavy atom. The Hall–Kier alpha value is -2.12. The summed E-state index contributed by atoms with van der Waals surface area (Å²) in [4.78, 5) is 13.9. The average Bonchev–Trinajstić information content (AvgIpc) is 3.45. The SMILES string of the molecule is COc1ccc(-c2ncnc3c2ncn3[C@H]2C[C@H](O[Si](C)(C)C(C)(C)C)[C@@H](CO[Si](C)(C)C(C)(C)C)O2)cc1. The van der Waals surface area contributed by atoms with E-state index in [1.54, 1.807) is 13.4 Å². The molecule has 4 rings (SSSR count).